The standard InChI is InChI=1S/C45H71N7O14/c1-45(2,3)66-44(57)50-39(43(56)59-5)33-34(42(55)58-4)7-6-8-41(54)49-36-11-15-38(16-12-36)52-51-37-13-9-35(10-14-37)47-19-20-48-40(53)17-21-60-23-25-62-27-29-64-31-32-65-30-28-63-26-24-61-22-18-46/h9-16,34,39,47H,6-8,17-33,46H2,1-5H3,(H,48,53)(H,49,54)(H,50,57)/b52-51+/t34-,39-/m0/s1. The summed E-state index contributed by atoms with van der Waals surface area (Å²) in [5.41, 5.74) is 7.16. The van der Waals surface area contributed by atoms with E-state index in [-0.39, 0.29) is 37.5 Å². The summed E-state index contributed by atoms with van der Waals surface area (Å²) in [6.45, 7) is 12.0. The number of amides is 3. The van der Waals surface area contributed by atoms with Gasteiger partial charge in [-0.2, -0.15) is 10.2 Å². The number of hydrogen-bond acceptors (Lipinski definition) is 18. The number of benzene rings is 2. The number of esters is 2. The molecular formula is C45H71N7O14. The van der Waals surface area contributed by atoms with Gasteiger partial charge in [-0.25, -0.2) is 9.59 Å². The molecule has 0 saturated carbocycles. The Balaban J connectivity index is 1.57. The van der Waals surface area contributed by atoms with Crippen LogP contribution in [0.4, 0.5) is 27.5 Å². The third-order valence-corrected chi connectivity index (χ3v) is 8.86. The Kier molecular flexibility index (Phi) is 30.1. The van der Waals surface area contributed by atoms with Crippen LogP contribution < -0.4 is 27.0 Å². The Morgan fingerprint density at radius 1 is 0.606 bits per heavy atom. The topological polar surface area (TPSA) is 267 Å². The van der Waals surface area contributed by atoms with Crippen LogP contribution in [-0.2, 0) is 61.8 Å². The van der Waals surface area contributed by atoms with Crippen molar-refractivity contribution < 1.29 is 66.6 Å². The number of hydrogen-bond donors (Lipinski definition) is 5. The van der Waals surface area contributed by atoms with Crippen molar-refractivity contribution >= 4 is 52.6 Å². The first kappa shape index (κ1) is 56.8. The summed E-state index contributed by atoms with van der Waals surface area (Å²) in [4.78, 5) is 62.1. The summed E-state index contributed by atoms with van der Waals surface area (Å²) < 4.78 is 47.4. The van der Waals surface area contributed by atoms with Crippen molar-refractivity contribution in [1.82, 2.24) is 10.6 Å². The number of nitrogens with zero attached hydrogens (tertiary/aromatic N) is 2. The number of azo groups is 1. The first-order valence-electron chi connectivity index (χ1n) is 22.1. The number of alkyl carbamates (subject to hydrolysis) is 1. The van der Waals surface area contributed by atoms with Crippen LogP contribution in [0.15, 0.2) is 58.8 Å². The zero-order valence-corrected chi connectivity index (χ0v) is 39.1. The fourth-order valence-electron chi connectivity index (χ4n) is 5.64. The molecule has 6 N–H and O–H groups in total. The van der Waals surface area contributed by atoms with Crippen LogP contribution in [0.1, 0.15) is 52.9 Å². The number of nitrogens with one attached hydrogen (secondary N) is 4. The molecule has 0 spiro atoms. The first-order chi connectivity index (χ1) is 31.8. The number of carbonyl (C=O) groups is 5. The van der Waals surface area contributed by atoms with Gasteiger partial charge >= 0.3 is 18.0 Å². The van der Waals surface area contributed by atoms with Crippen molar-refractivity contribution in [2.75, 3.05) is 124 Å². The molecule has 2 rings (SSSR count). The summed E-state index contributed by atoms with van der Waals surface area (Å²) in [6, 6.07) is 13.0. The second kappa shape index (κ2) is 35.0. The molecule has 0 fully saturated rings. The number of ether oxygens (including phenoxy) is 9. The molecule has 0 radical (unpaired) electrons. The van der Waals surface area contributed by atoms with Crippen LogP contribution in [0, 0.1) is 5.92 Å². The minimum Gasteiger partial charge on any atom is -0.469 e. The molecule has 3 amide bonds. The van der Waals surface area contributed by atoms with Gasteiger partial charge in [-0.3, -0.25) is 14.4 Å². The lowest BCUT2D eigenvalue weighted by molar-refractivity contribution is -0.148. The zero-order valence-electron chi connectivity index (χ0n) is 39.1. The summed E-state index contributed by atoms with van der Waals surface area (Å²) >= 11 is 0. The van der Waals surface area contributed by atoms with Crippen molar-refractivity contribution in [3.8, 4) is 0 Å². The second-order valence-electron chi connectivity index (χ2n) is 15.4. The third kappa shape index (κ3) is 28.6. The molecule has 0 unspecified atom stereocenters. The van der Waals surface area contributed by atoms with E-state index in [9.17, 15) is 24.0 Å². The number of nitrogens with two attached hydrogens (primary N) is 1. The lowest BCUT2D eigenvalue weighted by Crippen LogP contribution is -2.45. The van der Waals surface area contributed by atoms with E-state index in [2.05, 4.69) is 31.5 Å². The normalized spacial score (nSPS) is 12.3. The molecule has 370 valence electrons. The third-order valence-electron chi connectivity index (χ3n) is 8.86. The van der Waals surface area contributed by atoms with E-state index in [0.717, 1.165) is 5.69 Å². The molecule has 21 heteroatoms. The predicted octanol–water partition coefficient (Wildman–Crippen LogP) is 4.43. The lowest BCUT2D eigenvalue weighted by atomic mass is 9.94. The van der Waals surface area contributed by atoms with E-state index >= 15 is 0 Å². The maximum absolute atomic E-state index is 12.7. The van der Waals surface area contributed by atoms with Gasteiger partial charge in [0.05, 0.1) is 111 Å². The van der Waals surface area contributed by atoms with Crippen LogP contribution >= 0.6 is 0 Å². The SMILES string of the molecule is COC(=O)[C@@H](CCCC(=O)Nc1ccc(/N=N/c2ccc(NCCNC(=O)CCOCCOCCOCCOCCOCCOCCN)cc2)cc1)C[C@H](NC(=O)OC(C)(C)C)C(=O)OC. The molecule has 0 aliphatic rings. The maximum Gasteiger partial charge on any atom is 0.408 e. The number of methoxy groups -OCH3 is 2. The van der Waals surface area contributed by atoms with Gasteiger partial charge in [0.15, 0.2) is 0 Å². The lowest BCUT2D eigenvalue weighted by Gasteiger charge is -2.24. The van der Waals surface area contributed by atoms with Crippen molar-refractivity contribution in [2.45, 2.75) is 64.5 Å². The van der Waals surface area contributed by atoms with E-state index in [1.165, 1.54) is 14.2 Å². The van der Waals surface area contributed by atoms with Gasteiger partial charge in [0, 0.05) is 43.9 Å². The van der Waals surface area contributed by atoms with Gasteiger partial charge in [0.2, 0.25) is 11.8 Å². The van der Waals surface area contributed by atoms with Crippen molar-refractivity contribution in [3.63, 3.8) is 0 Å². The molecule has 0 aliphatic carbocycles. The average molecular weight is 934 g/mol. The minimum atomic E-state index is -1.16. The van der Waals surface area contributed by atoms with Gasteiger partial charge < -0.3 is 69.6 Å². The molecule has 0 bridgehead atoms. The molecule has 2 aromatic carbocycles. The molecule has 0 saturated heterocycles. The Morgan fingerprint density at radius 3 is 1.58 bits per heavy atom. The molecule has 21 nitrogen and oxygen atoms in total. The summed E-state index contributed by atoms with van der Waals surface area (Å²) in [5.74, 6) is -2.50. The molecular weight excluding hydrogens is 863 g/mol. The monoisotopic (exact) mass is 934 g/mol. The molecule has 0 heterocycles. The maximum atomic E-state index is 12.7. The molecule has 2 atom stereocenters. The highest BCUT2D eigenvalue weighted by atomic mass is 16.6. The number of rotatable bonds is 36. The fraction of sp³-hybridized carbons (Fsp3) is 0.622. The molecule has 0 aromatic heterocycles. The molecule has 2 aromatic rings. The Bertz CT molecular complexity index is 1690. The first-order valence-corrected chi connectivity index (χ1v) is 22.1. The summed E-state index contributed by atoms with van der Waals surface area (Å²) in [6.07, 6.45) is -0.0682. The number of carbonyl (C=O) groups excluding carboxylic acids is 5. The second-order valence-corrected chi connectivity index (χ2v) is 15.4. The van der Waals surface area contributed by atoms with Crippen LogP contribution in [-0.4, -0.2) is 155 Å². The quantitative estimate of drug-likeness (QED) is 0.0274. The van der Waals surface area contributed by atoms with E-state index in [1.54, 1.807) is 45.0 Å². The van der Waals surface area contributed by atoms with E-state index in [4.69, 9.17) is 48.4 Å². The Labute approximate surface area is 387 Å². The van der Waals surface area contributed by atoms with Crippen molar-refractivity contribution in [1.29, 1.82) is 0 Å². The minimum absolute atomic E-state index is 0.0900. The highest BCUT2D eigenvalue weighted by Gasteiger charge is 2.31. The zero-order chi connectivity index (χ0) is 48.3. The van der Waals surface area contributed by atoms with Gasteiger partial charge in [0.25, 0.3) is 0 Å². The Hall–Kier alpha value is -5.29. The fourth-order valence-corrected chi connectivity index (χ4v) is 5.64. The van der Waals surface area contributed by atoms with Crippen LogP contribution in [0.3, 0.4) is 0 Å². The van der Waals surface area contributed by atoms with Crippen LogP contribution in [0.25, 0.3) is 0 Å². The van der Waals surface area contributed by atoms with E-state index in [1.807, 2.05) is 24.3 Å². The summed E-state index contributed by atoms with van der Waals surface area (Å²) in [5, 5.41) is 19.9. The van der Waals surface area contributed by atoms with Gasteiger partial charge in [-0.15, -0.1) is 0 Å². The van der Waals surface area contributed by atoms with Gasteiger partial charge in [0.1, 0.15) is 11.6 Å². The Morgan fingerprint density at radius 2 is 1.09 bits per heavy atom. The van der Waals surface area contributed by atoms with E-state index < -0.39 is 35.6 Å². The van der Waals surface area contributed by atoms with Gasteiger partial charge in [-0.1, -0.05) is 0 Å². The van der Waals surface area contributed by atoms with Gasteiger partial charge in [-0.05, 0) is 88.6 Å². The van der Waals surface area contributed by atoms with Crippen LogP contribution in [0.2, 0.25) is 0 Å². The predicted molar refractivity (Wildman–Crippen MR) is 245 cm³/mol. The smallest absolute Gasteiger partial charge is 0.408 e. The highest BCUT2D eigenvalue weighted by molar-refractivity contribution is 5.90. The molecule has 0 aliphatic heterocycles. The number of anilines is 2. The highest BCUT2D eigenvalue weighted by Crippen LogP contribution is 2.23. The van der Waals surface area contributed by atoms with Crippen molar-refractivity contribution in [3.05, 3.63) is 48.5 Å². The van der Waals surface area contributed by atoms with E-state index in [0.29, 0.717) is 122 Å². The molecule has 66 heavy (non-hydrogen) atoms. The summed E-state index contributed by atoms with van der Waals surface area (Å²) in [7, 11) is 2.40. The average Bonchev–Trinajstić information content (AvgIpc) is 3.29. The largest absolute Gasteiger partial charge is 0.469 e. The van der Waals surface area contributed by atoms with Crippen LogP contribution in [0.5, 0.6) is 0 Å². The van der Waals surface area contributed by atoms with Crippen molar-refractivity contribution in [2.24, 2.45) is 21.9 Å².